The lowest BCUT2D eigenvalue weighted by Crippen LogP contribution is -2.30. The van der Waals surface area contributed by atoms with Crippen LogP contribution in [0, 0.1) is 13.8 Å². The molecule has 0 heterocycles. The van der Waals surface area contributed by atoms with Gasteiger partial charge in [0.1, 0.15) is 5.75 Å². The zero-order valence-corrected chi connectivity index (χ0v) is 11.9. The molecule has 0 bridgehead atoms. The van der Waals surface area contributed by atoms with Gasteiger partial charge in [-0.05, 0) is 43.9 Å². The molecule has 0 aromatic heterocycles. The van der Waals surface area contributed by atoms with Crippen LogP contribution in [0.5, 0.6) is 5.75 Å². The fourth-order valence-electron chi connectivity index (χ4n) is 2.33. The molecule has 1 fully saturated rings. The van der Waals surface area contributed by atoms with Gasteiger partial charge in [-0.3, -0.25) is 0 Å². The van der Waals surface area contributed by atoms with Crippen molar-refractivity contribution in [2.45, 2.75) is 32.7 Å². The summed E-state index contributed by atoms with van der Waals surface area (Å²) in [5, 5.41) is 3.54. The van der Waals surface area contributed by atoms with E-state index in [2.05, 4.69) is 43.2 Å². The van der Waals surface area contributed by atoms with Gasteiger partial charge < -0.3 is 15.0 Å². The summed E-state index contributed by atoms with van der Waals surface area (Å²) in [7, 11) is 3.88. The van der Waals surface area contributed by atoms with Crippen molar-refractivity contribution < 1.29 is 4.74 Å². The van der Waals surface area contributed by atoms with Crippen molar-refractivity contribution in [1.29, 1.82) is 0 Å². The van der Waals surface area contributed by atoms with Crippen LogP contribution < -0.4 is 15.0 Å². The van der Waals surface area contributed by atoms with Crippen LogP contribution in [0.3, 0.4) is 0 Å². The van der Waals surface area contributed by atoms with Crippen LogP contribution in [-0.2, 0) is 0 Å². The Morgan fingerprint density at radius 1 is 1.33 bits per heavy atom. The van der Waals surface area contributed by atoms with E-state index < -0.39 is 0 Å². The molecule has 1 aromatic rings. The van der Waals surface area contributed by atoms with Crippen LogP contribution in [0.2, 0.25) is 0 Å². The van der Waals surface area contributed by atoms with Gasteiger partial charge in [0, 0.05) is 26.2 Å². The molecule has 1 N–H and O–H groups in total. The van der Waals surface area contributed by atoms with Crippen molar-refractivity contribution in [1.82, 2.24) is 5.32 Å². The van der Waals surface area contributed by atoms with Crippen molar-refractivity contribution in [2.75, 3.05) is 32.1 Å². The Labute approximate surface area is 110 Å². The second-order valence-electron chi connectivity index (χ2n) is 5.28. The molecule has 2 rings (SSSR count). The Balaban J connectivity index is 2.04. The molecule has 18 heavy (non-hydrogen) atoms. The molecule has 0 amide bonds. The molecule has 0 atom stereocenters. The van der Waals surface area contributed by atoms with Crippen molar-refractivity contribution >= 4 is 5.69 Å². The third kappa shape index (κ3) is 3.16. The van der Waals surface area contributed by atoms with Gasteiger partial charge in [0.15, 0.2) is 0 Å². The molecule has 1 aliphatic rings. The number of methoxy groups -OCH3 is 1. The van der Waals surface area contributed by atoms with E-state index in [9.17, 15) is 0 Å². The minimum absolute atomic E-state index is 0.777. The largest absolute Gasteiger partial charge is 0.494 e. The van der Waals surface area contributed by atoms with Gasteiger partial charge in [-0.1, -0.05) is 6.07 Å². The number of hydrogen-bond acceptors (Lipinski definition) is 3. The number of likely N-dealkylation sites (N-methyl/N-ethyl adjacent to an activating group) is 1. The summed E-state index contributed by atoms with van der Waals surface area (Å²) in [6.45, 7) is 6.28. The van der Waals surface area contributed by atoms with E-state index in [-0.39, 0.29) is 0 Å². The summed E-state index contributed by atoms with van der Waals surface area (Å²) in [5.41, 5.74) is 3.67. The summed E-state index contributed by atoms with van der Waals surface area (Å²) in [6.07, 6.45) is 2.69. The van der Waals surface area contributed by atoms with E-state index in [1.807, 2.05) is 0 Å². The summed E-state index contributed by atoms with van der Waals surface area (Å²) in [5.74, 6) is 0.995. The zero-order chi connectivity index (χ0) is 13.1. The van der Waals surface area contributed by atoms with Crippen molar-refractivity contribution in [3.8, 4) is 5.75 Å². The Morgan fingerprint density at radius 3 is 2.67 bits per heavy atom. The third-order valence-corrected chi connectivity index (χ3v) is 3.47. The summed E-state index contributed by atoms with van der Waals surface area (Å²) >= 11 is 0. The van der Waals surface area contributed by atoms with Crippen LogP contribution in [0.1, 0.15) is 24.0 Å². The number of benzene rings is 1. The minimum atomic E-state index is 0.777. The van der Waals surface area contributed by atoms with Crippen LogP contribution >= 0.6 is 0 Å². The maximum absolute atomic E-state index is 5.53. The van der Waals surface area contributed by atoms with Crippen LogP contribution in [0.15, 0.2) is 12.1 Å². The predicted octanol–water partition coefficient (Wildman–Crippen LogP) is 2.50. The van der Waals surface area contributed by atoms with Gasteiger partial charge in [0.25, 0.3) is 0 Å². The Hall–Kier alpha value is -1.22. The standard InChI is InChI=1S/C15H24N2O/c1-11-9-12(2)15(18-4)14(10-11)17(3)8-7-16-13-5-6-13/h9-10,13,16H,5-8H2,1-4H3. The number of anilines is 1. The highest BCUT2D eigenvalue weighted by Gasteiger charge is 2.20. The molecule has 0 aliphatic heterocycles. The highest BCUT2D eigenvalue weighted by Crippen LogP contribution is 2.32. The fraction of sp³-hybridized carbons (Fsp3) is 0.600. The number of rotatable bonds is 6. The number of nitrogens with zero attached hydrogens (tertiary/aromatic N) is 1. The van der Waals surface area contributed by atoms with E-state index in [4.69, 9.17) is 4.74 Å². The average molecular weight is 248 g/mol. The van der Waals surface area contributed by atoms with Crippen LogP contribution in [0.4, 0.5) is 5.69 Å². The lowest BCUT2D eigenvalue weighted by molar-refractivity contribution is 0.411. The van der Waals surface area contributed by atoms with E-state index in [0.29, 0.717) is 0 Å². The third-order valence-electron chi connectivity index (χ3n) is 3.47. The van der Waals surface area contributed by atoms with Crippen LogP contribution in [0.25, 0.3) is 0 Å². The molecule has 0 saturated heterocycles. The van der Waals surface area contributed by atoms with E-state index in [1.54, 1.807) is 7.11 Å². The molecule has 0 unspecified atom stereocenters. The fourth-order valence-corrected chi connectivity index (χ4v) is 2.33. The van der Waals surface area contributed by atoms with Gasteiger partial charge in [0.05, 0.1) is 12.8 Å². The highest BCUT2D eigenvalue weighted by molar-refractivity contribution is 5.63. The normalized spacial score (nSPS) is 14.7. The van der Waals surface area contributed by atoms with Crippen LogP contribution in [-0.4, -0.2) is 33.3 Å². The first kappa shape index (κ1) is 13.2. The van der Waals surface area contributed by atoms with Gasteiger partial charge in [0.2, 0.25) is 0 Å². The average Bonchev–Trinajstić information content (AvgIpc) is 3.12. The van der Waals surface area contributed by atoms with Crippen molar-refractivity contribution in [3.63, 3.8) is 0 Å². The molecular formula is C15H24N2O. The maximum Gasteiger partial charge on any atom is 0.145 e. The quantitative estimate of drug-likeness (QED) is 0.837. The minimum Gasteiger partial charge on any atom is -0.494 e. The Morgan fingerprint density at radius 2 is 2.06 bits per heavy atom. The second kappa shape index (κ2) is 5.61. The first-order valence-electron chi connectivity index (χ1n) is 6.71. The summed E-state index contributed by atoms with van der Waals surface area (Å²) in [4.78, 5) is 2.27. The van der Waals surface area contributed by atoms with Gasteiger partial charge in [-0.15, -0.1) is 0 Å². The molecule has 100 valence electrons. The van der Waals surface area contributed by atoms with Gasteiger partial charge in [-0.25, -0.2) is 0 Å². The lowest BCUT2D eigenvalue weighted by Gasteiger charge is -2.23. The molecule has 1 saturated carbocycles. The molecule has 3 nitrogen and oxygen atoms in total. The molecule has 1 aromatic carbocycles. The van der Waals surface area contributed by atoms with Gasteiger partial charge in [-0.2, -0.15) is 0 Å². The smallest absolute Gasteiger partial charge is 0.145 e. The first-order chi connectivity index (χ1) is 8.61. The number of nitrogens with one attached hydrogen (secondary N) is 1. The Kier molecular flexibility index (Phi) is 4.12. The maximum atomic E-state index is 5.53. The molecule has 3 heteroatoms. The zero-order valence-electron chi connectivity index (χ0n) is 11.9. The summed E-state index contributed by atoms with van der Waals surface area (Å²) in [6, 6.07) is 5.14. The Bertz CT molecular complexity index is 413. The number of ether oxygens (including phenoxy) is 1. The van der Waals surface area contributed by atoms with E-state index in [0.717, 1.165) is 24.9 Å². The number of aryl methyl sites for hydroxylation is 2. The topological polar surface area (TPSA) is 24.5 Å². The molecular weight excluding hydrogens is 224 g/mol. The molecule has 0 radical (unpaired) electrons. The van der Waals surface area contributed by atoms with Crippen molar-refractivity contribution in [2.24, 2.45) is 0 Å². The van der Waals surface area contributed by atoms with E-state index >= 15 is 0 Å². The predicted molar refractivity (Wildman–Crippen MR) is 76.8 cm³/mol. The van der Waals surface area contributed by atoms with Crippen molar-refractivity contribution in [3.05, 3.63) is 23.3 Å². The number of hydrogen-bond donors (Lipinski definition) is 1. The second-order valence-corrected chi connectivity index (χ2v) is 5.28. The lowest BCUT2D eigenvalue weighted by atomic mass is 10.1. The summed E-state index contributed by atoms with van der Waals surface area (Å²) < 4.78 is 5.53. The van der Waals surface area contributed by atoms with E-state index in [1.165, 1.54) is 29.7 Å². The highest BCUT2D eigenvalue weighted by atomic mass is 16.5. The van der Waals surface area contributed by atoms with Gasteiger partial charge >= 0.3 is 0 Å². The first-order valence-corrected chi connectivity index (χ1v) is 6.71. The SMILES string of the molecule is COc1c(C)cc(C)cc1N(C)CCNC1CC1. The monoisotopic (exact) mass is 248 g/mol. The molecule has 0 spiro atoms. The molecule has 1 aliphatic carbocycles.